The van der Waals surface area contributed by atoms with Crippen molar-refractivity contribution in [3.63, 3.8) is 0 Å². The second-order valence-corrected chi connectivity index (χ2v) is 7.00. The number of nitrogens with one attached hydrogen (secondary N) is 1. The fourth-order valence-corrected chi connectivity index (χ4v) is 3.77. The second-order valence-electron chi connectivity index (χ2n) is 7.00. The molecule has 0 saturated heterocycles. The molecule has 1 fully saturated rings. The van der Waals surface area contributed by atoms with Crippen LogP contribution in [0.5, 0.6) is 0 Å². The van der Waals surface area contributed by atoms with Crippen LogP contribution < -0.4 is 0 Å². The lowest BCUT2D eigenvalue weighted by molar-refractivity contribution is -0.160. The standard InChI is InChI=1S/C18H24N2O2/c1-5-22-16(21)18(4)11-10-12(17(18,2)3)15-19-13-8-6-7-9-14(13)20-15/h6-9,12H,5,10-11H2,1-4H3,(H,19,20)/t12-,18+/m0/s1. The molecule has 1 aliphatic rings. The molecule has 0 amide bonds. The Hall–Kier alpha value is -1.84. The molecule has 22 heavy (non-hydrogen) atoms. The first-order valence-corrected chi connectivity index (χ1v) is 8.02. The maximum atomic E-state index is 12.5. The third kappa shape index (κ3) is 2.04. The summed E-state index contributed by atoms with van der Waals surface area (Å²) in [5.41, 5.74) is 1.37. The largest absolute Gasteiger partial charge is 0.466 e. The minimum atomic E-state index is -0.466. The molecule has 0 bridgehead atoms. The zero-order valence-electron chi connectivity index (χ0n) is 13.8. The Kier molecular flexibility index (Phi) is 3.50. The van der Waals surface area contributed by atoms with E-state index in [4.69, 9.17) is 9.72 Å². The quantitative estimate of drug-likeness (QED) is 0.870. The van der Waals surface area contributed by atoms with Crippen LogP contribution >= 0.6 is 0 Å². The summed E-state index contributed by atoms with van der Waals surface area (Å²) in [5, 5.41) is 0. The number of H-pyrrole nitrogens is 1. The first-order valence-electron chi connectivity index (χ1n) is 8.02. The Balaban J connectivity index is 1.97. The molecule has 3 rings (SSSR count). The van der Waals surface area contributed by atoms with Crippen LogP contribution in [0.4, 0.5) is 0 Å². The third-order valence-corrected chi connectivity index (χ3v) is 5.69. The number of ether oxygens (including phenoxy) is 1. The number of carbonyl (C=O) groups excluding carboxylic acids is 1. The number of hydrogen-bond acceptors (Lipinski definition) is 3. The van der Waals surface area contributed by atoms with Gasteiger partial charge >= 0.3 is 5.97 Å². The number of esters is 1. The molecular formula is C18H24N2O2. The normalized spacial score (nSPS) is 27.2. The molecule has 118 valence electrons. The number of rotatable bonds is 3. The molecule has 0 unspecified atom stereocenters. The fourth-order valence-electron chi connectivity index (χ4n) is 3.77. The van der Waals surface area contributed by atoms with E-state index >= 15 is 0 Å². The third-order valence-electron chi connectivity index (χ3n) is 5.69. The lowest BCUT2D eigenvalue weighted by Crippen LogP contribution is -2.41. The summed E-state index contributed by atoms with van der Waals surface area (Å²) in [6, 6.07) is 8.06. The molecular weight excluding hydrogens is 276 g/mol. The summed E-state index contributed by atoms with van der Waals surface area (Å²) in [6.45, 7) is 8.65. The van der Waals surface area contributed by atoms with Crippen molar-refractivity contribution < 1.29 is 9.53 Å². The van der Waals surface area contributed by atoms with Crippen molar-refractivity contribution in [3.8, 4) is 0 Å². The van der Waals surface area contributed by atoms with Crippen molar-refractivity contribution in [2.24, 2.45) is 10.8 Å². The maximum absolute atomic E-state index is 12.5. The topological polar surface area (TPSA) is 55.0 Å². The van der Waals surface area contributed by atoms with Crippen LogP contribution in [-0.2, 0) is 9.53 Å². The smallest absolute Gasteiger partial charge is 0.312 e. The summed E-state index contributed by atoms with van der Waals surface area (Å²) in [5.74, 6) is 1.13. The monoisotopic (exact) mass is 300 g/mol. The van der Waals surface area contributed by atoms with Crippen LogP contribution in [0.25, 0.3) is 11.0 Å². The molecule has 1 aromatic heterocycles. The minimum absolute atomic E-state index is 0.0846. The van der Waals surface area contributed by atoms with E-state index in [1.165, 1.54) is 0 Å². The van der Waals surface area contributed by atoms with Gasteiger partial charge in [-0.25, -0.2) is 4.98 Å². The first kappa shape index (κ1) is 15.1. The summed E-state index contributed by atoms with van der Waals surface area (Å²) < 4.78 is 5.34. The number of benzene rings is 1. The Labute approximate surface area is 131 Å². The summed E-state index contributed by atoms with van der Waals surface area (Å²) >= 11 is 0. The Morgan fingerprint density at radius 3 is 2.77 bits per heavy atom. The molecule has 1 N–H and O–H groups in total. The second kappa shape index (κ2) is 5.11. The van der Waals surface area contributed by atoms with Gasteiger partial charge in [0, 0.05) is 5.92 Å². The predicted molar refractivity (Wildman–Crippen MR) is 86.6 cm³/mol. The summed E-state index contributed by atoms with van der Waals surface area (Å²) in [4.78, 5) is 20.7. The van der Waals surface area contributed by atoms with Crippen LogP contribution in [0.3, 0.4) is 0 Å². The van der Waals surface area contributed by atoms with Gasteiger partial charge in [-0.1, -0.05) is 26.0 Å². The number of fused-ring (bicyclic) bond motifs is 1. The van der Waals surface area contributed by atoms with Gasteiger partial charge in [-0.3, -0.25) is 4.79 Å². The van der Waals surface area contributed by atoms with Gasteiger partial charge in [0.25, 0.3) is 0 Å². The SMILES string of the molecule is CCOC(=O)[C@@]1(C)CC[C@@H](c2nc3ccccc3[nH]2)C1(C)C. The van der Waals surface area contributed by atoms with Crippen LogP contribution in [0.2, 0.25) is 0 Å². The van der Waals surface area contributed by atoms with Gasteiger partial charge in [0.15, 0.2) is 0 Å². The van der Waals surface area contributed by atoms with Crippen LogP contribution in [0, 0.1) is 10.8 Å². The zero-order chi connectivity index (χ0) is 16.0. The highest BCUT2D eigenvalue weighted by Crippen LogP contribution is 2.59. The number of aromatic amines is 1. The van der Waals surface area contributed by atoms with Crippen molar-refractivity contribution in [3.05, 3.63) is 30.1 Å². The fraction of sp³-hybridized carbons (Fsp3) is 0.556. The Morgan fingerprint density at radius 1 is 1.36 bits per heavy atom. The van der Waals surface area contributed by atoms with Gasteiger partial charge in [0.05, 0.1) is 23.1 Å². The summed E-state index contributed by atoms with van der Waals surface area (Å²) in [6.07, 6.45) is 1.78. The lowest BCUT2D eigenvalue weighted by atomic mass is 9.65. The number of imidazole rings is 1. The van der Waals surface area contributed by atoms with Crippen molar-refractivity contribution in [1.29, 1.82) is 0 Å². The molecule has 0 aliphatic heterocycles. The van der Waals surface area contributed by atoms with Crippen molar-refractivity contribution >= 4 is 17.0 Å². The highest BCUT2D eigenvalue weighted by molar-refractivity contribution is 5.79. The number of carbonyl (C=O) groups is 1. The number of nitrogens with zero attached hydrogens (tertiary/aromatic N) is 1. The summed E-state index contributed by atoms with van der Waals surface area (Å²) in [7, 11) is 0. The van der Waals surface area contributed by atoms with Crippen LogP contribution in [0.1, 0.15) is 52.3 Å². The van der Waals surface area contributed by atoms with E-state index in [9.17, 15) is 4.79 Å². The molecule has 1 saturated carbocycles. The molecule has 1 aliphatic carbocycles. The van der Waals surface area contributed by atoms with Gasteiger partial charge in [-0.2, -0.15) is 0 Å². The highest BCUT2D eigenvalue weighted by atomic mass is 16.5. The molecule has 0 spiro atoms. The first-order chi connectivity index (χ1) is 10.4. The van der Waals surface area contributed by atoms with Gasteiger partial charge in [-0.15, -0.1) is 0 Å². The van der Waals surface area contributed by atoms with E-state index in [1.807, 2.05) is 38.1 Å². The number of para-hydroxylation sites is 2. The molecule has 4 nitrogen and oxygen atoms in total. The maximum Gasteiger partial charge on any atom is 0.312 e. The Morgan fingerprint density at radius 2 is 2.09 bits per heavy atom. The van der Waals surface area contributed by atoms with E-state index in [-0.39, 0.29) is 17.3 Å². The molecule has 2 atom stereocenters. The average molecular weight is 300 g/mol. The van der Waals surface area contributed by atoms with Gasteiger partial charge in [-0.05, 0) is 44.2 Å². The number of hydrogen-bond donors (Lipinski definition) is 1. The lowest BCUT2D eigenvalue weighted by Gasteiger charge is -2.39. The van der Waals surface area contributed by atoms with E-state index < -0.39 is 5.41 Å². The van der Waals surface area contributed by atoms with Crippen molar-refractivity contribution in [2.45, 2.75) is 46.5 Å². The van der Waals surface area contributed by atoms with Crippen molar-refractivity contribution in [1.82, 2.24) is 9.97 Å². The zero-order valence-corrected chi connectivity index (χ0v) is 13.8. The number of aromatic nitrogens is 2. The van der Waals surface area contributed by atoms with Crippen LogP contribution in [0.15, 0.2) is 24.3 Å². The minimum Gasteiger partial charge on any atom is -0.466 e. The average Bonchev–Trinajstić information content (AvgIpc) is 2.99. The van der Waals surface area contributed by atoms with Crippen molar-refractivity contribution in [2.75, 3.05) is 6.61 Å². The van der Waals surface area contributed by atoms with E-state index in [1.54, 1.807) is 0 Å². The molecule has 2 aromatic rings. The molecule has 1 aromatic carbocycles. The Bertz CT molecular complexity index is 671. The van der Waals surface area contributed by atoms with E-state index in [0.717, 1.165) is 29.7 Å². The van der Waals surface area contributed by atoms with E-state index in [0.29, 0.717) is 6.61 Å². The van der Waals surface area contributed by atoms with Gasteiger partial charge < -0.3 is 9.72 Å². The molecule has 4 heteroatoms. The van der Waals surface area contributed by atoms with Gasteiger partial charge in [0.1, 0.15) is 5.82 Å². The van der Waals surface area contributed by atoms with E-state index in [2.05, 4.69) is 18.8 Å². The molecule has 1 heterocycles. The predicted octanol–water partition coefficient (Wildman–Crippen LogP) is 4.04. The highest BCUT2D eigenvalue weighted by Gasteiger charge is 2.57. The molecule has 0 radical (unpaired) electrons. The van der Waals surface area contributed by atoms with Gasteiger partial charge in [0.2, 0.25) is 0 Å². The van der Waals surface area contributed by atoms with Crippen LogP contribution in [-0.4, -0.2) is 22.5 Å².